The highest BCUT2D eigenvalue weighted by Gasteiger charge is 2.49. The number of rotatable bonds is 13. The van der Waals surface area contributed by atoms with Gasteiger partial charge < -0.3 is 15.0 Å². The van der Waals surface area contributed by atoms with Crippen molar-refractivity contribution in [2.24, 2.45) is 11.3 Å². The Morgan fingerprint density at radius 3 is 2.70 bits per heavy atom. The molecule has 1 saturated carbocycles. The zero-order valence-corrected chi connectivity index (χ0v) is 25.5. The number of fused-ring (bicyclic) bond motifs is 1. The van der Waals surface area contributed by atoms with Crippen molar-refractivity contribution in [3.8, 4) is 5.75 Å². The number of nitrogens with two attached hydrogens (primary N) is 1. The van der Waals surface area contributed by atoms with Gasteiger partial charge in [0.2, 0.25) is 5.95 Å². The van der Waals surface area contributed by atoms with E-state index in [2.05, 4.69) is 30.9 Å². The van der Waals surface area contributed by atoms with Crippen LogP contribution in [0.2, 0.25) is 0 Å². The molecule has 2 heterocycles. The standard InChI is InChI=1S/C27H35BrN5O6P/c1-5-7-18(4)38-25(35)17(3)14-40(36,39-21-10-8-20(28)9-11-21)37-15-27(6-2)12-19(27)13-33-16-30-22-23(33)31-26(29)32-24(22)34/h8-11,13,16-18H,5-7,12,14-15H2,1-4H3,(H3,29,31,32,34)/b19-13-/t17-,18+,27-,40+/m1/s1. The molecular weight excluding hydrogens is 601 g/mol. The second-order valence-corrected chi connectivity index (χ2v) is 13.2. The van der Waals surface area contributed by atoms with Crippen molar-refractivity contribution in [1.29, 1.82) is 0 Å². The van der Waals surface area contributed by atoms with Crippen molar-refractivity contribution in [1.82, 2.24) is 19.5 Å². The van der Waals surface area contributed by atoms with Gasteiger partial charge in [0.15, 0.2) is 11.2 Å². The highest BCUT2D eigenvalue weighted by molar-refractivity contribution is 9.10. The largest absolute Gasteiger partial charge is 0.462 e. The summed E-state index contributed by atoms with van der Waals surface area (Å²) in [6.07, 6.45) is 6.04. The smallest absolute Gasteiger partial charge is 0.380 e. The Hall–Kier alpha value is -2.95. The fourth-order valence-electron chi connectivity index (χ4n) is 4.49. The van der Waals surface area contributed by atoms with E-state index in [4.69, 9.17) is 19.5 Å². The van der Waals surface area contributed by atoms with Crippen LogP contribution in [0.5, 0.6) is 5.75 Å². The molecule has 0 radical (unpaired) electrons. The van der Waals surface area contributed by atoms with Gasteiger partial charge in [-0.3, -0.25) is 23.7 Å². The minimum atomic E-state index is -3.78. The van der Waals surface area contributed by atoms with E-state index in [0.717, 1.165) is 22.9 Å². The number of nitrogens with one attached hydrogen (secondary N) is 1. The minimum Gasteiger partial charge on any atom is -0.462 e. The van der Waals surface area contributed by atoms with Crippen LogP contribution >= 0.6 is 23.5 Å². The molecule has 40 heavy (non-hydrogen) atoms. The molecule has 0 aliphatic heterocycles. The van der Waals surface area contributed by atoms with Gasteiger partial charge in [-0.05, 0) is 56.0 Å². The Balaban J connectivity index is 1.53. The number of hydrogen-bond donors (Lipinski definition) is 2. The third-order valence-corrected chi connectivity index (χ3v) is 9.55. The molecule has 0 bridgehead atoms. The Labute approximate surface area is 241 Å². The van der Waals surface area contributed by atoms with Crippen LogP contribution in [0.1, 0.15) is 53.4 Å². The number of esters is 1. The van der Waals surface area contributed by atoms with Gasteiger partial charge in [-0.1, -0.05) is 43.1 Å². The van der Waals surface area contributed by atoms with Gasteiger partial charge in [-0.25, -0.2) is 9.55 Å². The molecule has 0 unspecified atom stereocenters. The van der Waals surface area contributed by atoms with Crippen LogP contribution in [0.25, 0.3) is 17.4 Å². The van der Waals surface area contributed by atoms with Crippen molar-refractivity contribution >= 4 is 52.8 Å². The lowest BCUT2D eigenvalue weighted by Crippen LogP contribution is -2.25. The summed E-state index contributed by atoms with van der Waals surface area (Å²) in [6.45, 7) is 7.68. The van der Waals surface area contributed by atoms with Crippen LogP contribution in [-0.2, 0) is 18.6 Å². The van der Waals surface area contributed by atoms with Gasteiger partial charge in [0.25, 0.3) is 5.56 Å². The van der Waals surface area contributed by atoms with Crippen molar-refractivity contribution < 1.29 is 23.1 Å². The maximum Gasteiger partial charge on any atom is 0.380 e. The monoisotopic (exact) mass is 635 g/mol. The number of hydrogen-bond acceptors (Lipinski definition) is 9. The molecule has 3 aromatic rings. The topological polar surface area (TPSA) is 151 Å². The number of nitrogens with zero attached hydrogens (tertiary/aromatic N) is 3. The second-order valence-electron chi connectivity index (χ2n) is 10.3. The highest BCUT2D eigenvalue weighted by atomic mass is 79.9. The number of imidazole rings is 1. The molecule has 1 aliphatic rings. The van der Waals surface area contributed by atoms with Gasteiger partial charge >= 0.3 is 13.6 Å². The molecule has 1 aliphatic carbocycles. The van der Waals surface area contributed by atoms with Crippen molar-refractivity contribution in [3.05, 3.63) is 51.0 Å². The van der Waals surface area contributed by atoms with Gasteiger partial charge in [0, 0.05) is 16.1 Å². The zero-order chi connectivity index (χ0) is 29.1. The zero-order valence-electron chi connectivity index (χ0n) is 23.1. The molecule has 1 fully saturated rings. The average molecular weight is 636 g/mol. The third-order valence-electron chi connectivity index (χ3n) is 7.02. The molecule has 0 amide bonds. The van der Waals surface area contributed by atoms with Gasteiger partial charge in [0.05, 0.1) is 24.8 Å². The Morgan fingerprint density at radius 1 is 1.30 bits per heavy atom. The number of carbonyl (C=O) groups excluding carboxylic acids is 1. The number of H-pyrrole nitrogens is 1. The van der Waals surface area contributed by atoms with Crippen LogP contribution in [0.4, 0.5) is 5.95 Å². The molecule has 0 spiro atoms. The van der Waals surface area contributed by atoms with E-state index < -0.39 is 25.0 Å². The van der Waals surface area contributed by atoms with E-state index in [-0.39, 0.29) is 35.8 Å². The van der Waals surface area contributed by atoms with Crippen molar-refractivity contribution in [2.75, 3.05) is 18.5 Å². The molecule has 11 nitrogen and oxygen atoms in total. The SMILES string of the molecule is CCC[C@H](C)OC(=O)[C@H](C)C[P@](=O)(OC[C@@]1(CC)C/C1=C/n1cnc2c(=O)[nH]c(N)nc21)Oc1ccc(Br)cc1. The van der Waals surface area contributed by atoms with Crippen molar-refractivity contribution in [2.45, 2.75) is 59.5 Å². The number of carbonyl (C=O) groups is 1. The van der Waals surface area contributed by atoms with Crippen LogP contribution in [0.3, 0.4) is 0 Å². The van der Waals surface area contributed by atoms with Gasteiger partial charge in [0.1, 0.15) is 12.1 Å². The molecule has 3 N–H and O–H groups in total. The van der Waals surface area contributed by atoms with Crippen molar-refractivity contribution in [3.63, 3.8) is 0 Å². The van der Waals surface area contributed by atoms with E-state index in [0.29, 0.717) is 24.2 Å². The normalized spacial score (nSPS) is 20.7. The summed E-state index contributed by atoms with van der Waals surface area (Å²) in [5, 5.41) is 0. The van der Waals surface area contributed by atoms with E-state index in [1.54, 1.807) is 35.8 Å². The quantitative estimate of drug-likeness (QED) is 0.176. The first-order valence-electron chi connectivity index (χ1n) is 13.3. The number of nitrogen functional groups attached to an aromatic ring is 1. The highest BCUT2D eigenvalue weighted by Crippen LogP contribution is 2.59. The Kier molecular flexibility index (Phi) is 9.22. The van der Waals surface area contributed by atoms with Crippen LogP contribution in [0.15, 0.2) is 45.4 Å². The van der Waals surface area contributed by atoms with E-state index in [1.807, 2.05) is 27.0 Å². The first-order chi connectivity index (χ1) is 19.0. The van der Waals surface area contributed by atoms with Crippen LogP contribution in [-0.4, -0.2) is 44.4 Å². The van der Waals surface area contributed by atoms with E-state index in [9.17, 15) is 14.2 Å². The molecule has 216 valence electrons. The fourth-order valence-corrected chi connectivity index (χ4v) is 6.69. The third kappa shape index (κ3) is 7.03. The predicted molar refractivity (Wildman–Crippen MR) is 157 cm³/mol. The number of ether oxygens (including phenoxy) is 1. The summed E-state index contributed by atoms with van der Waals surface area (Å²) in [4.78, 5) is 35.7. The summed E-state index contributed by atoms with van der Waals surface area (Å²) < 4.78 is 34.2. The maximum atomic E-state index is 14.1. The summed E-state index contributed by atoms with van der Waals surface area (Å²) >= 11 is 3.39. The number of halogens is 1. The summed E-state index contributed by atoms with van der Waals surface area (Å²) in [7, 11) is -3.78. The number of benzene rings is 1. The fraction of sp³-hybridized carbons (Fsp3) is 0.481. The Morgan fingerprint density at radius 2 is 2.02 bits per heavy atom. The maximum absolute atomic E-state index is 14.1. The summed E-state index contributed by atoms with van der Waals surface area (Å²) in [5.74, 6) is -0.752. The molecule has 13 heteroatoms. The molecule has 4 atom stereocenters. The minimum absolute atomic E-state index is 0.00120. The molecule has 1 aromatic carbocycles. The summed E-state index contributed by atoms with van der Waals surface area (Å²) in [5.41, 5.74) is 6.47. The number of anilines is 1. The lowest BCUT2D eigenvalue weighted by Gasteiger charge is -2.24. The average Bonchev–Trinajstić information content (AvgIpc) is 3.44. The first-order valence-corrected chi connectivity index (χ1v) is 15.8. The molecule has 2 aromatic heterocycles. The molecule has 4 rings (SSSR count). The second kappa shape index (κ2) is 12.3. The first kappa shape index (κ1) is 30.0. The van der Waals surface area contributed by atoms with Crippen LogP contribution in [0, 0.1) is 11.3 Å². The number of aromatic amines is 1. The predicted octanol–water partition coefficient (Wildman–Crippen LogP) is 5.76. The van der Waals surface area contributed by atoms with Gasteiger partial charge in [-0.2, -0.15) is 4.98 Å². The van der Waals surface area contributed by atoms with Gasteiger partial charge in [-0.15, -0.1) is 0 Å². The Bertz CT molecular complexity index is 1500. The van der Waals surface area contributed by atoms with Crippen LogP contribution < -0.4 is 15.8 Å². The van der Waals surface area contributed by atoms with E-state index >= 15 is 0 Å². The van der Waals surface area contributed by atoms with E-state index in [1.165, 1.54) is 6.33 Å². The molecule has 0 saturated heterocycles. The molecular formula is C27H35BrN5O6P. The number of aromatic nitrogens is 4. The lowest BCUT2D eigenvalue weighted by molar-refractivity contribution is -0.152. The lowest BCUT2D eigenvalue weighted by atomic mass is 10.0. The summed E-state index contributed by atoms with van der Waals surface area (Å²) in [6, 6.07) is 6.94.